The van der Waals surface area contributed by atoms with E-state index in [1.54, 1.807) is 24.4 Å². The fourth-order valence-electron chi connectivity index (χ4n) is 1.56. The fraction of sp³-hybridized carbons (Fsp3) is 0.125. The first-order chi connectivity index (χ1) is 9.78. The van der Waals surface area contributed by atoms with Gasteiger partial charge in [-0.3, -0.25) is 4.98 Å². The van der Waals surface area contributed by atoms with E-state index < -0.39 is 5.97 Å². The van der Waals surface area contributed by atoms with Gasteiger partial charge < -0.3 is 9.47 Å². The minimum atomic E-state index is -0.438. The molecule has 0 N–H and O–H groups in total. The Balaban J connectivity index is 1.93. The van der Waals surface area contributed by atoms with Crippen molar-refractivity contribution in [3.8, 4) is 11.5 Å². The van der Waals surface area contributed by atoms with E-state index in [1.165, 1.54) is 12.3 Å². The highest BCUT2D eigenvalue weighted by molar-refractivity contribution is 5.88. The third kappa shape index (κ3) is 4.24. The van der Waals surface area contributed by atoms with Crippen molar-refractivity contribution in [3.05, 3.63) is 60.4 Å². The lowest BCUT2D eigenvalue weighted by Crippen LogP contribution is -2.03. The summed E-state index contributed by atoms with van der Waals surface area (Å²) < 4.78 is 10.4. The average molecular weight is 269 g/mol. The van der Waals surface area contributed by atoms with Gasteiger partial charge in [0.1, 0.15) is 11.5 Å². The highest BCUT2D eigenvalue weighted by Gasteiger charge is 1.99. The third-order valence-electron chi connectivity index (χ3n) is 2.46. The maximum absolute atomic E-state index is 11.6. The second kappa shape index (κ2) is 7.09. The van der Waals surface area contributed by atoms with Crippen molar-refractivity contribution in [2.75, 3.05) is 6.61 Å². The second-order valence-corrected chi connectivity index (χ2v) is 3.95. The van der Waals surface area contributed by atoms with Gasteiger partial charge in [0, 0.05) is 12.3 Å². The molecule has 0 bridgehead atoms. The van der Waals surface area contributed by atoms with E-state index in [1.807, 2.05) is 31.2 Å². The van der Waals surface area contributed by atoms with Crippen LogP contribution in [0.1, 0.15) is 12.5 Å². The molecule has 0 saturated heterocycles. The van der Waals surface area contributed by atoms with Crippen molar-refractivity contribution in [2.24, 2.45) is 0 Å². The van der Waals surface area contributed by atoms with Gasteiger partial charge in [0.25, 0.3) is 0 Å². The number of benzene rings is 1. The molecule has 0 amide bonds. The predicted octanol–water partition coefficient (Wildman–Crippen LogP) is 3.10. The van der Waals surface area contributed by atoms with E-state index in [4.69, 9.17) is 9.47 Å². The molecule has 4 nitrogen and oxygen atoms in total. The highest BCUT2D eigenvalue weighted by Crippen LogP contribution is 2.13. The number of aromatic nitrogens is 1. The van der Waals surface area contributed by atoms with Crippen LogP contribution in [0.15, 0.2) is 54.9 Å². The molecule has 0 atom stereocenters. The van der Waals surface area contributed by atoms with Gasteiger partial charge in [-0.1, -0.05) is 12.1 Å². The van der Waals surface area contributed by atoms with Crippen molar-refractivity contribution < 1.29 is 14.3 Å². The Hall–Kier alpha value is -2.62. The van der Waals surface area contributed by atoms with Crippen LogP contribution in [-0.2, 0) is 4.79 Å². The van der Waals surface area contributed by atoms with Gasteiger partial charge in [-0.25, -0.2) is 4.79 Å². The van der Waals surface area contributed by atoms with Crippen LogP contribution in [0.2, 0.25) is 0 Å². The van der Waals surface area contributed by atoms with Gasteiger partial charge in [0.05, 0.1) is 12.8 Å². The molecule has 0 spiro atoms. The minimum Gasteiger partial charge on any atom is -0.494 e. The number of esters is 1. The first-order valence-electron chi connectivity index (χ1n) is 6.30. The summed E-state index contributed by atoms with van der Waals surface area (Å²) in [5, 5.41) is 0. The van der Waals surface area contributed by atoms with Crippen molar-refractivity contribution in [1.29, 1.82) is 0 Å². The van der Waals surface area contributed by atoms with E-state index in [0.29, 0.717) is 12.4 Å². The van der Waals surface area contributed by atoms with Crippen molar-refractivity contribution >= 4 is 12.0 Å². The maximum atomic E-state index is 11.6. The number of ether oxygens (including phenoxy) is 2. The van der Waals surface area contributed by atoms with Crippen LogP contribution >= 0.6 is 0 Å². The van der Waals surface area contributed by atoms with Gasteiger partial charge >= 0.3 is 5.97 Å². The Morgan fingerprint density at radius 3 is 2.65 bits per heavy atom. The van der Waals surface area contributed by atoms with Gasteiger partial charge in [0.15, 0.2) is 0 Å². The maximum Gasteiger partial charge on any atom is 0.336 e. The summed E-state index contributed by atoms with van der Waals surface area (Å²) in [6, 6.07) is 10.8. The van der Waals surface area contributed by atoms with Gasteiger partial charge in [0.2, 0.25) is 0 Å². The standard InChI is InChI=1S/C16H15NO3/c1-2-19-14-8-5-13(6-9-14)7-10-16(18)20-15-4-3-11-17-12-15/h3-12H,2H2,1H3. The quantitative estimate of drug-likeness (QED) is 0.618. The molecule has 0 aliphatic heterocycles. The zero-order chi connectivity index (χ0) is 14.2. The van der Waals surface area contributed by atoms with Crippen LogP contribution in [0.25, 0.3) is 6.08 Å². The molecule has 1 heterocycles. The normalized spacial score (nSPS) is 10.4. The van der Waals surface area contributed by atoms with E-state index >= 15 is 0 Å². The highest BCUT2D eigenvalue weighted by atomic mass is 16.5. The molecule has 20 heavy (non-hydrogen) atoms. The molecule has 2 aromatic rings. The summed E-state index contributed by atoms with van der Waals surface area (Å²) in [5.41, 5.74) is 0.900. The first kappa shape index (κ1) is 13.8. The number of carbonyl (C=O) groups excluding carboxylic acids is 1. The lowest BCUT2D eigenvalue weighted by molar-refractivity contribution is -0.128. The lowest BCUT2D eigenvalue weighted by Gasteiger charge is -2.02. The van der Waals surface area contributed by atoms with Crippen LogP contribution in [0.4, 0.5) is 0 Å². The molecular formula is C16H15NO3. The smallest absolute Gasteiger partial charge is 0.336 e. The van der Waals surface area contributed by atoms with E-state index in [9.17, 15) is 4.79 Å². The van der Waals surface area contributed by atoms with Gasteiger partial charge in [-0.2, -0.15) is 0 Å². The molecule has 2 rings (SSSR count). The molecule has 0 aliphatic carbocycles. The number of hydrogen-bond donors (Lipinski definition) is 0. The van der Waals surface area contributed by atoms with E-state index in [-0.39, 0.29) is 0 Å². The Kier molecular flexibility index (Phi) is 4.89. The number of rotatable bonds is 5. The van der Waals surface area contributed by atoms with Crippen LogP contribution in [0.3, 0.4) is 0 Å². The largest absolute Gasteiger partial charge is 0.494 e. The monoisotopic (exact) mass is 269 g/mol. The molecule has 0 unspecified atom stereocenters. The summed E-state index contributed by atoms with van der Waals surface area (Å²) in [4.78, 5) is 15.5. The van der Waals surface area contributed by atoms with Crippen LogP contribution in [0, 0.1) is 0 Å². The average Bonchev–Trinajstić information content (AvgIpc) is 2.48. The Bertz CT molecular complexity index is 576. The number of pyridine rings is 1. The third-order valence-corrected chi connectivity index (χ3v) is 2.46. The molecule has 0 aliphatic rings. The summed E-state index contributed by atoms with van der Waals surface area (Å²) >= 11 is 0. The summed E-state index contributed by atoms with van der Waals surface area (Å²) in [6.07, 6.45) is 6.17. The van der Waals surface area contributed by atoms with E-state index in [0.717, 1.165) is 11.3 Å². The number of hydrogen-bond acceptors (Lipinski definition) is 4. The first-order valence-corrected chi connectivity index (χ1v) is 6.30. The fourth-order valence-corrected chi connectivity index (χ4v) is 1.56. The zero-order valence-corrected chi connectivity index (χ0v) is 11.2. The molecule has 1 aromatic heterocycles. The molecule has 1 aromatic carbocycles. The topological polar surface area (TPSA) is 48.4 Å². The number of carbonyl (C=O) groups is 1. The van der Waals surface area contributed by atoms with Gasteiger partial charge in [-0.05, 0) is 42.8 Å². The molecule has 4 heteroatoms. The molecule has 0 fully saturated rings. The SMILES string of the molecule is CCOc1ccc(C=CC(=O)Oc2cccnc2)cc1. The molecule has 0 radical (unpaired) electrons. The Labute approximate surface area is 117 Å². The van der Waals surface area contributed by atoms with Crippen LogP contribution < -0.4 is 9.47 Å². The number of nitrogens with zero attached hydrogens (tertiary/aromatic N) is 1. The van der Waals surface area contributed by atoms with E-state index in [2.05, 4.69) is 4.98 Å². The Morgan fingerprint density at radius 1 is 1.20 bits per heavy atom. The van der Waals surface area contributed by atoms with Gasteiger partial charge in [-0.15, -0.1) is 0 Å². The zero-order valence-electron chi connectivity index (χ0n) is 11.2. The predicted molar refractivity (Wildman–Crippen MR) is 76.5 cm³/mol. The molecular weight excluding hydrogens is 254 g/mol. The van der Waals surface area contributed by atoms with Crippen molar-refractivity contribution in [3.63, 3.8) is 0 Å². The van der Waals surface area contributed by atoms with Crippen molar-refractivity contribution in [1.82, 2.24) is 4.98 Å². The summed E-state index contributed by atoms with van der Waals surface area (Å²) in [5.74, 6) is 0.795. The second-order valence-electron chi connectivity index (χ2n) is 3.95. The van der Waals surface area contributed by atoms with Crippen molar-refractivity contribution in [2.45, 2.75) is 6.92 Å². The summed E-state index contributed by atoms with van der Waals surface area (Å²) in [6.45, 7) is 2.56. The van der Waals surface area contributed by atoms with Crippen LogP contribution in [0.5, 0.6) is 11.5 Å². The molecule has 102 valence electrons. The van der Waals surface area contributed by atoms with Crippen LogP contribution in [-0.4, -0.2) is 17.6 Å². The summed E-state index contributed by atoms with van der Waals surface area (Å²) in [7, 11) is 0. The lowest BCUT2D eigenvalue weighted by atomic mass is 10.2. The Morgan fingerprint density at radius 2 is 2.00 bits per heavy atom. The molecule has 0 saturated carbocycles. The minimum absolute atomic E-state index is 0.425.